The molecule has 0 bridgehead atoms. The molecule has 0 amide bonds. The Kier molecular flexibility index (Phi) is 3.96. The summed E-state index contributed by atoms with van der Waals surface area (Å²) < 4.78 is 27.6. The predicted octanol–water partition coefficient (Wildman–Crippen LogP) is 3.19. The summed E-state index contributed by atoms with van der Waals surface area (Å²) >= 11 is 0. The molecule has 3 rings (SSSR count). The molecule has 0 aliphatic rings. The number of primary sulfonamides is 1. The van der Waals surface area contributed by atoms with Crippen LogP contribution in [0.5, 0.6) is 11.6 Å². The molecule has 0 aliphatic heterocycles. The average molecular weight is 348 g/mol. The van der Waals surface area contributed by atoms with Crippen LogP contribution in [0, 0.1) is 0 Å². The number of aromatic amines is 1. The molecule has 0 fully saturated rings. The molecule has 0 atom stereocenters. The van der Waals surface area contributed by atoms with Gasteiger partial charge in [-0.1, -0.05) is 0 Å². The number of benzene rings is 2. The van der Waals surface area contributed by atoms with Crippen LogP contribution in [0.1, 0.15) is 1.43 Å². The van der Waals surface area contributed by atoms with E-state index in [9.17, 15) is 13.5 Å². The molecule has 0 saturated carbocycles. The lowest BCUT2D eigenvalue weighted by Gasteiger charge is -1.99. The fourth-order valence-corrected chi connectivity index (χ4v) is 2.70. The number of hydrogen-bond acceptors (Lipinski definition) is 6. The number of aromatic nitrogens is 1. The maximum atomic E-state index is 11.2. The lowest BCUT2D eigenvalue weighted by Crippen LogP contribution is -2.11. The summed E-state index contributed by atoms with van der Waals surface area (Å²) in [5.74, 6) is 0.499. The van der Waals surface area contributed by atoms with E-state index in [-0.39, 0.29) is 17.9 Å². The first-order valence-corrected chi connectivity index (χ1v) is 8.36. The third-order valence-electron chi connectivity index (χ3n) is 3.39. The number of ether oxygens (including phenoxy) is 1. The minimum absolute atomic E-state index is 0. The molecule has 4 N–H and O–H groups in total. The molecule has 0 spiro atoms. The minimum Gasteiger partial charge on any atom is -0.497 e. The first-order valence-electron chi connectivity index (χ1n) is 6.82. The molecular formula is C15H16N4O4S. The van der Waals surface area contributed by atoms with Crippen LogP contribution < -0.4 is 9.88 Å². The SMILES string of the molecule is COc1ccc2[nH]c(O)c(N=Nc3ccc(S(N)(=O)=O)cc3)c2c1.[HH]. The number of rotatable bonds is 4. The van der Waals surface area contributed by atoms with Crippen LogP contribution in [0.25, 0.3) is 10.9 Å². The third-order valence-corrected chi connectivity index (χ3v) is 4.32. The molecule has 9 heteroatoms. The highest BCUT2D eigenvalue weighted by atomic mass is 32.2. The predicted molar refractivity (Wildman–Crippen MR) is 90.6 cm³/mol. The van der Waals surface area contributed by atoms with Crippen molar-refractivity contribution in [2.24, 2.45) is 15.4 Å². The Morgan fingerprint density at radius 1 is 1.17 bits per heavy atom. The second kappa shape index (κ2) is 5.95. The van der Waals surface area contributed by atoms with E-state index in [0.29, 0.717) is 22.3 Å². The average Bonchev–Trinajstić information content (AvgIpc) is 2.87. The molecule has 0 aliphatic carbocycles. The van der Waals surface area contributed by atoms with Crippen LogP contribution in [0.3, 0.4) is 0 Å². The van der Waals surface area contributed by atoms with E-state index in [1.807, 2.05) is 0 Å². The maximum absolute atomic E-state index is 11.2. The number of sulfonamides is 1. The summed E-state index contributed by atoms with van der Waals surface area (Å²) in [5.41, 5.74) is 1.37. The van der Waals surface area contributed by atoms with Crippen molar-refractivity contribution < 1.29 is 19.7 Å². The first-order chi connectivity index (χ1) is 11.4. The number of azo groups is 1. The molecule has 1 aromatic heterocycles. The molecule has 1 heterocycles. The van der Waals surface area contributed by atoms with E-state index in [1.54, 1.807) is 25.3 Å². The molecular weight excluding hydrogens is 332 g/mol. The Hall–Kier alpha value is -2.91. The molecule has 0 saturated heterocycles. The molecule has 126 valence electrons. The number of methoxy groups -OCH3 is 1. The number of fused-ring (bicyclic) bond motifs is 1. The highest BCUT2D eigenvalue weighted by Gasteiger charge is 2.11. The van der Waals surface area contributed by atoms with Crippen molar-refractivity contribution in [3.63, 3.8) is 0 Å². The second-order valence-corrected chi connectivity index (χ2v) is 6.53. The van der Waals surface area contributed by atoms with E-state index >= 15 is 0 Å². The number of nitrogens with two attached hydrogens (primary N) is 1. The van der Waals surface area contributed by atoms with Gasteiger partial charge in [-0.2, -0.15) is 5.11 Å². The van der Waals surface area contributed by atoms with Gasteiger partial charge in [-0.3, -0.25) is 0 Å². The monoisotopic (exact) mass is 348 g/mol. The van der Waals surface area contributed by atoms with Gasteiger partial charge in [0.05, 0.1) is 23.2 Å². The van der Waals surface area contributed by atoms with Crippen molar-refractivity contribution in [1.29, 1.82) is 0 Å². The van der Waals surface area contributed by atoms with Gasteiger partial charge in [-0.05, 0) is 42.5 Å². The van der Waals surface area contributed by atoms with Gasteiger partial charge in [-0.15, -0.1) is 5.11 Å². The third kappa shape index (κ3) is 3.07. The molecule has 0 radical (unpaired) electrons. The zero-order valence-electron chi connectivity index (χ0n) is 12.6. The summed E-state index contributed by atoms with van der Waals surface area (Å²) in [7, 11) is -2.21. The molecule has 8 nitrogen and oxygen atoms in total. The molecule has 0 unspecified atom stereocenters. The van der Waals surface area contributed by atoms with E-state index < -0.39 is 10.0 Å². The van der Waals surface area contributed by atoms with Crippen molar-refractivity contribution in [1.82, 2.24) is 4.98 Å². The molecule has 2 aromatic carbocycles. The molecule has 24 heavy (non-hydrogen) atoms. The van der Waals surface area contributed by atoms with Gasteiger partial charge in [0, 0.05) is 6.81 Å². The van der Waals surface area contributed by atoms with Crippen LogP contribution in [0.2, 0.25) is 0 Å². The standard InChI is InChI=1S/C15H14N4O4S.H2/c1-23-10-4-7-13-12(8-10)14(15(20)17-13)19-18-9-2-5-11(6-3-9)24(16,21)22;/h2-8,17,20H,1H3,(H2,16,21,22);1H. The smallest absolute Gasteiger partial charge is 0.238 e. The number of hydrogen-bond donors (Lipinski definition) is 3. The van der Waals surface area contributed by atoms with Crippen LogP contribution in [0.15, 0.2) is 57.6 Å². The van der Waals surface area contributed by atoms with Crippen molar-refractivity contribution in [3.8, 4) is 11.6 Å². The Morgan fingerprint density at radius 2 is 1.88 bits per heavy atom. The summed E-state index contributed by atoms with van der Waals surface area (Å²) in [5, 5.41) is 23.7. The second-order valence-electron chi connectivity index (χ2n) is 4.97. The normalized spacial score (nSPS) is 12.1. The Bertz CT molecular complexity index is 1030. The van der Waals surface area contributed by atoms with Crippen LogP contribution in [-0.2, 0) is 10.0 Å². The first kappa shape index (κ1) is 16.0. The topological polar surface area (TPSA) is 130 Å². The van der Waals surface area contributed by atoms with Gasteiger partial charge in [0.25, 0.3) is 0 Å². The number of aromatic hydroxyl groups is 1. The van der Waals surface area contributed by atoms with Crippen molar-refractivity contribution in [3.05, 3.63) is 42.5 Å². The summed E-state index contributed by atoms with van der Waals surface area (Å²) in [6, 6.07) is 10.8. The fraction of sp³-hybridized carbons (Fsp3) is 0.0667. The van der Waals surface area contributed by atoms with Gasteiger partial charge in [-0.25, -0.2) is 13.6 Å². The quantitative estimate of drug-likeness (QED) is 0.625. The van der Waals surface area contributed by atoms with Crippen LogP contribution in [-0.4, -0.2) is 25.6 Å². The van der Waals surface area contributed by atoms with Crippen LogP contribution in [0.4, 0.5) is 11.4 Å². The zero-order valence-corrected chi connectivity index (χ0v) is 13.4. The highest BCUT2D eigenvalue weighted by molar-refractivity contribution is 7.89. The van der Waals surface area contributed by atoms with Crippen molar-refractivity contribution in [2.45, 2.75) is 4.90 Å². The fourth-order valence-electron chi connectivity index (χ4n) is 2.18. The number of nitrogens with zero attached hydrogens (tertiary/aromatic N) is 2. The summed E-state index contributed by atoms with van der Waals surface area (Å²) in [4.78, 5) is 2.78. The van der Waals surface area contributed by atoms with Gasteiger partial charge >= 0.3 is 0 Å². The van der Waals surface area contributed by atoms with E-state index in [2.05, 4.69) is 15.2 Å². The lowest BCUT2D eigenvalue weighted by atomic mass is 10.2. The Morgan fingerprint density at radius 3 is 2.50 bits per heavy atom. The zero-order chi connectivity index (χ0) is 17.3. The van der Waals surface area contributed by atoms with Gasteiger partial charge in [0.2, 0.25) is 15.9 Å². The van der Waals surface area contributed by atoms with E-state index in [4.69, 9.17) is 9.88 Å². The number of H-pyrrole nitrogens is 1. The largest absolute Gasteiger partial charge is 0.497 e. The van der Waals surface area contributed by atoms with Crippen LogP contribution >= 0.6 is 0 Å². The summed E-state index contributed by atoms with van der Waals surface area (Å²) in [6.07, 6.45) is 0. The Balaban J connectivity index is 0.00000225. The van der Waals surface area contributed by atoms with Crippen molar-refractivity contribution in [2.75, 3.05) is 7.11 Å². The van der Waals surface area contributed by atoms with Gasteiger partial charge < -0.3 is 14.8 Å². The van der Waals surface area contributed by atoms with Gasteiger partial charge in [0.15, 0.2) is 5.69 Å². The lowest BCUT2D eigenvalue weighted by molar-refractivity contribution is 0.415. The summed E-state index contributed by atoms with van der Waals surface area (Å²) in [6.45, 7) is 0. The van der Waals surface area contributed by atoms with Crippen molar-refractivity contribution >= 4 is 32.3 Å². The highest BCUT2D eigenvalue weighted by Crippen LogP contribution is 2.38. The minimum atomic E-state index is -3.75. The number of nitrogens with one attached hydrogen (secondary N) is 1. The van der Waals surface area contributed by atoms with E-state index in [1.165, 1.54) is 24.3 Å². The maximum Gasteiger partial charge on any atom is 0.238 e. The van der Waals surface area contributed by atoms with E-state index in [0.717, 1.165) is 0 Å². The molecule has 3 aromatic rings. The van der Waals surface area contributed by atoms with Gasteiger partial charge in [0.1, 0.15) is 5.75 Å². The Labute approximate surface area is 139 Å².